The maximum Gasteiger partial charge on any atom is 0.422 e. The first kappa shape index (κ1) is 19.4. The third kappa shape index (κ3) is 5.04. The minimum Gasteiger partial charge on any atom is -0.375 e. The number of aryl methyl sites for hydroxylation is 1. The minimum absolute atomic E-state index is 0.159. The van der Waals surface area contributed by atoms with Gasteiger partial charge in [-0.15, -0.1) is 0 Å². The van der Waals surface area contributed by atoms with Crippen molar-refractivity contribution >= 4 is 10.0 Å². The van der Waals surface area contributed by atoms with Gasteiger partial charge in [0.2, 0.25) is 10.0 Å². The van der Waals surface area contributed by atoms with Crippen LogP contribution in [0.2, 0.25) is 0 Å². The van der Waals surface area contributed by atoms with Crippen LogP contribution < -0.4 is 4.72 Å². The third-order valence-corrected chi connectivity index (χ3v) is 5.10. The molecule has 0 aliphatic rings. The van der Waals surface area contributed by atoms with E-state index in [1.807, 2.05) is 4.72 Å². The van der Waals surface area contributed by atoms with Crippen LogP contribution in [0.1, 0.15) is 11.1 Å². The fourth-order valence-electron chi connectivity index (χ4n) is 2.26. The second-order valence-electron chi connectivity index (χ2n) is 5.60. The number of sulfonamides is 1. The van der Waals surface area contributed by atoms with Crippen LogP contribution in [-0.4, -0.2) is 32.0 Å². The number of hydrogen-bond acceptors (Lipinski definition) is 3. The van der Waals surface area contributed by atoms with Gasteiger partial charge in [0.1, 0.15) is 0 Å². The summed E-state index contributed by atoms with van der Waals surface area (Å²) >= 11 is 0. The Hall–Kier alpha value is -1.90. The van der Waals surface area contributed by atoms with Crippen molar-refractivity contribution in [2.75, 3.05) is 12.3 Å². The van der Waals surface area contributed by atoms with Crippen molar-refractivity contribution in [3.63, 3.8) is 0 Å². The second-order valence-corrected chi connectivity index (χ2v) is 7.53. The highest BCUT2D eigenvalue weighted by atomic mass is 32.2. The SMILES string of the molecule is O=S(=O)(CCc1ccccc1)NC[C@@](O)(c1ccccc1)C(F)(F)F. The summed E-state index contributed by atoms with van der Waals surface area (Å²) < 4.78 is 65.9. The number of benzene rings is 2. The van der Waals surface area contributed by atoms with Gasteiger partial charge in [-0.3, -0.25) is 0 Å². The van der Waals surface area contributed by atoms with Crippen molar-refractivity contribution in [2.24, 2.45) is 0 Å². The quantitative estimate of drug-likeness (QED) is 0.784. The molecule has 2 rings (SSSR count). The molecule has 0 aromatic heterocycles. The van der Waals surface area contributed by atoms with E-state index in [4.69, 9.17) is 0 Å². The third-order valence-electron chi connectivity index (χ3n) is 3.77. The van der Waals surface area contributed by atoms with Crippen LogP contribution in [0.15, 0.2) is 60.7 Å². The van der Waals surface area contributed by atoms with E-state index in [0.717, 1.165) is 17.7 Å². The average Bonchev–Trinajstić information content (AvgIpc) is 2.59. The number of aliphatic hydroxyl groups is 1. The molecule has 0 saturated heterocycles. The van der Waals surface area contributed by atoms with E-state index in [1.54, 1.807) is 30.3 Å². The number of hydrogen-bond donors (Lipinski definition) is 2. The summed E-state index contributed by atoms with van der Waals surface area (Å²) in [6.07, 6.45) is -4.87. The number of alkyl halides is 3. The lowest BCUT2D eigenvalue weighted by Crippen LogP contribution is -2.51. The summed E-state index contributed by atoms with van der Waals surface area (Å²) in [4.78, 5) is 0. The van der Waals surface area contributed by atoms with Gasteiger partial charge in [0, 0.05) is 0 Å². The minimum atomic E-state index is -5.03. The molecule has 0 aliphatic heterocycles. The van der Waals surface area contributed by atoms with Crippen LogP contribution >= 0.6 is 0 Å². The van der Waals surface area contributed by atoms with Gasteiger partial charge in [0.05, 0.1) is 12.3 Å². The second kappa shape index (κ2) is 7.55. The molecule has 0 unspecified atom stereocenters. The number of rotatable bonds is 7. The first-order chi connectivity index (χ1) is 11.6. The molecule has 4 nitrogen and oxygen atoms in total. The van der Waals surface area contributed by atoms with E-state index in [1.165, 1.54) is 18.2 Å². The van der Waals surface area contributed by atoms with Crippen molar-refractivity contribution in [3.8, 4) is 0 Å². The van der Waals surface area contributed by atoms with Crippen LogP contribution in [-0.2, 0) is 22.0 Å². The molecule has 2 N–H and O–H groups in total. The molecule has 0 aliphatic carbocycles. The molecule has 0 saturated carbocycles. The molecule has 0 amide bonds. The number of nitrogens with one attached hydrogen (secondary N) is 1. The lowest BCUT2D eigenvalue weighted by molar-refractivity contribution is -0.263. The summed E-state index contributed by atoms with van der Waals surface area (Å²) in [5.74, 6) is -0.375. The van der Waals surface area contributed by atoms with E-state index in [-0.39, 0.29) is 12.2 Å². The first-order valence-corrected chi connectivity index (χ1v) is 9.15. The van der Waals surface area contributed by atoms with E-state index in [2.05, 4.69) is 0 Å². The van der Waals surface area contributed by atoms with E-state index >= 15 is 0 Å². The van der Waals surface area contributed by atoms with E-state index in [9.17, 15) is 26.7 Å². The van der Waals surface area contributed by atoms with Gasteiger partial charge in [-0.2, -0.15) is 13.2 Å². The van der Waals surface area contributed by atoms with Gasteiger partial charge < -0.3 is 5.11 Å². The predicted molar refractivity (Wildman–Crippen MR) is 88.3 cm³/mol. The Kier molecular flexibility index (Phi) is 5.87. The highest BCUT2D eigenvalue weighted by Crippen LogP contribution is 2.38. The van der Waals surface area contributed by atoms with Crippen molar-refractivity contribution in [3.05, 3.63) is 71.8 Å². The number of halogens is 3. The topological polar surface area (TPSA) is 66.4 Å². The average molecular weight is 373 g/mol. The molecule has 0 radical (unpaired) electrons. The Morgan fingerprint density at radius 1 is 0.920 bits per heavy atom. The van der Waals surface area contributed by atoms with Gasteiger partial charge in [-0.05, 0) is 17.5 Å². The van der Waals surface area contributed by atoms with Crippen LogP contribution in [0.3, 0.4) is 0 Å². The summed E-state index contributed by atoms with van der Waals surface area (Å²) in [6, 6.07) is 15.1. The van der Waals surface area contributed by atoms with Gasteiger partial charge in [0.15, 0.2) is 5.60 Å². The Balaban J connectivity index is 2.10. The summed E-state index contributed by atoms with van der Waals surface area (Å²) in [5.41, 5.74) is -2.97. The van der Waals surface area contributed by atoms with Crippen LogP contribution in [0.4, 0.5) is 13.2 Å². The largest absolute Gasteiger partial charge is 0.422 e. The highest BCUT2D eigenvalue weighted by molar-refractivity contribution is 7.89. The molecule has 136 valence electrons. The molecule has 8 heteroatoms. The molecule has 1 atom stereocenters. The maximum atomic E-state index is 13.3. The highest BCUT2D eigenvalue weighted by Gasteiger charge is 2.55. The zero-order valence-electron chi connectivity index (χ0n) is 13.2. The van der Waals surface area contributed by atoms with Gasteiger partial charge in [-0.25, -0.2) is 13.1 Å². The molecular formula is C17H18F3NO3S. The van der Waals surface area contributed by atoms with Crippen LogP contribution in [0.5, 0.6) is 0 Å². The smallest absolute Gasteiger partial charge is 0.375 e. The van der Waals surface area contributed by atoms with E-state index in [0.29, 0.717) is 0 Å². The first-order valence-electron chi connectivity index (χ1n) is 7.50. The van der Waals surface area contributed by atoms with Gasteiger partial charge in [0.25, 0.3) is 0 Å². The molecular weight excluding hydrogens is 355 g/mol. The van der Waals surface area contributed by atoms with Gasteiger partial charge >= 0.3 is 6.18 Å². The fraction of sp³-hybridized carbons (Fsp3) is 0.294. The molecule has 2 aromatic rings. The van der Waals surface area contributed by atoms with Crippen LogP contribution in [0.25, 0.3) is 0 Å². The van der Waals surface area contributed by atoms with Crippen LogP contribution in [0, 0.1) is 0 Å². The van der Waals surface area contributed by atoms with Gasteiger partial charge in [-0.1, -0.05) is 60.7 Å². The Morgan fingerprint density at radius 3 is 1.96 bits per heavy atom. The molecule has 0 bridgehead atoms. The Morgan fingerprint density at radius 2 is 1.44 bits per heavy atom. The summed E-state index contributed by atoms with van der Waals surface area (Å²) in [5, 5.41) is 10.1. The molecule has 0 fully saturated rings. The normalized spacial score (nSPS) is 14.9. The Bertz CT molecular complexity index is 780. The van der Waals surface area contributed by atoms with Crippen molar-refractivity contribution < 1.29 is 26.7 Å². The summed E-state index contributed by atoms with van der Waals surface area (Å²) in [6.45, 7) is -1.18. The van der Waals surface area contributed by atoms with E-state index < -0.39 is 33.9 Å². The Labute approximate surface area is 144 Å². The fourth-order valence-corrected chi connectivity index (χ4v) is 3.34. The predicted octanol–water partition coefficient (Wildman–Crippen LogP) is 2.60. The summed E-state index contributed by atoms with van der Waals surface area (Å²) in [7, 11) is -3.99. The van der Waals surface area contributed by atoms with Crippen molar-refractivity contribution in [1.82, 2.24) is 4.72 Å². The lowest BCUT2D eigenvalue weighted by atomic mass is 9.93. The molecule has 2 aromatic carbocycles. The monoisotopic (exact) mass is 373 g/mol. The zero-order valence-corrected chi connectivity index (χ0v) is 14.0. The zero-order chi connectivity index (χ0) is 18.6. The van der Waals surface area contributed by atoms with Crippen molar-refractivity contribution in [1.29, 1.82) is 0 Å². The standard InChI is InChI=1S/C17H18F3NO3S/c18-17(19,20)16(22,15-9-5-2-6-10-15)13-21-25(23,24)12-11-14-7-3-1-4-8-14/h1-10,21-22H,11-13H2/t16-/m1/s1. The maximum absolute atomic E-state index is 13.3. The molecule has 25 heavy (non-hydrogen) atoms. The lowest BCUT2D eigenvalue weighted by Gasteiger charge is -2.31. The molecule has 0 spiro atoms. The van der Waals surface area contributed by atoms with Crippen molar-refractivity contribution in [2.45, 2.75) is 18.2 Å². The molecule has 0 heterocycles.